The number of nitrogens with zero attached hydrogens (tertiary/aromatic N) is 4. The van der Waals surface area contributed by atoms with Crippen LogP contribution < -0.4 is 5.32 Å². The lowest BCUT2D eigenvalue weighted by Crippen LogP contribution is -2.36. The highest BCUT2D eigenvalue weighted by Crippen LogP contribution is 2.24. The fourth-order valence-corrected chi connectivity index (χ4v) is 4.91. The number of morpholine rings is 1. The van der Waals surface area contributed by atoms with Gasteiger partial charge in [0.25, 0.3) is 0 Å². The van der Waals surface area contributed by atoms with Crippen LogP contribution in [0.4, 0.5) is 5.69 Å². The third kappa shape index (κ3) is 6.14. The molecule has 0 atom stereocenters. The van der Waals surface area contributed by atoms with E-state index in [1.165, 1.54) is 11.8 Å². The van der Waals surface area contributed by atoms with E-state index in [1.54, 1.807) is 36.4 Å². The first-order chi connectivity index (χ1) is 18.2. The molecular weight excluding hydrogens is 486 g/mol. The highest BCUT2D eigenvalue weighted by atomic mass is 32.2. The van der Waals surface area contributed by atoms with Crippen LogP contribution >= 0.6 is 11.8 Å². The summed E-state index contributed by atoms with van der Waals surface area (Å²) in [5.74, 6) is 0.572. The minimum absolute atomic E-state index is 0.121. The Morgan fingerprint density at radius 2 is 1.54 bits per heavy atom. The van der Waals surface area contributed by atoms with Crippen molar-refractivity contribution in [2.45, 2.75) is 11.7 Å². The molecule has 1 saturated heterocycles. The molecule has 4 aromatic rings. The van der Waals surface area contributed by atoms with Crippen molar-refractivity contribution in [3.63, 3.8) is 0 Å². The summed E-state index contributed by atoms with van der Waals surface area (Å²) in [4.78, 5) is 28.2. The molecule has 8 nitrogen and oxygen atoms in total. The van der Waals surface area contributed by atoms with Gasteiger partial charge < -0.3 is 10.1 Å². The lowest BCUT2D eigenvalue weighted by atomic mass is 10.0. The number of carbonyl (C=O) groups is 2. The standard InChI is InChI=1S/C28H27N5O3S/c34-26(29-24-14-8-7-13-23(24)27(35)21-9-3-1-4-10-21)20-37-28-31-30-25(19-32-15-17-36-18-16-32)33(28)22-11-5-2-6-12-22/h1-14H,15-20H2,(H,29,34). The maximum atomic E-state index is 13.0. The van der Waals surface area contributed by atoms with Gasteiger partial charge in [-0.3, -0.25) is 19.1 Å². The summed E-state index contributed by atoms with van der Waals surface area (Å²) >= 11 is 1.31. The molecule has 37 heavy (non-hydrogen) atoms. The van der Waals surface area contributed by atoms with Gasteiger partial charge in [-0.2, -0.15) is 0 Å². The fraction of sp³-hybridized carbons (Fsp3) is 0.214. The van der Waals surface area contributed by atoms with Gasteiger partial charge in [-0.1, -0.05) is 72.4 Å². The van der Waals surface area contributed by atoms with E-state index in [0.29, 0.717) is 41.7 Å². The molecule has 0 bridgehead atoms. The molecule has 1 aromatic heterocycles. The minimum atomic E-state index is -0.226. The second-order valence-corrected chi connectivity index (χ2v) is 9.48. The average molecular weight is 514 g/mol. The predicted octanol–water partition coefficient (Wildman–Crippen LogP) is 4.06. The second-order valence-electron chi connectivity index (χ2n) is 8.54. The van der Waals surface area contributed by atoms with Crippen molar-refractivity contribution in [1.82, 2.24) is 19.7 Å². The Morgan fingerprint density at radius 3 is 2.30 bits per heavy atom. The Morgan fingerprint density at radius 1 is 0.865 bits per heavy atom. The second kappa shape index (κ2) is 12.0. The molecule has 3 aromatic carbocycles. The Labute approximate surface area is 219 Å². The first kappa shape index (κ1) is 24.9. The van der Waals surface area contributed by atoms with Crippen molar-refractivity contribution >= 4 is 29.1 Å². The Bertz CT molecular complexity index is 1350. The van der Waals surface area contributed by atoms with Crippen molar-refractivity contribution in [3.8, 4) is 5.69 Å². The lowest BCUT2D eigenvalue weighted by Gasteiger charge is -2.26. The zero-order chi connectivity index (χ0) is 25.5. The Hall–Kier alpha value is -3.79. The number of hydrogen-bond donors (Lipinski definition) is 1. The molecule has 1 N–H and O–H groups in total. The number of amides is 1. The summed E-state index contributed by atoms with van der Waals surface area (Å²) in [7, 11) is 0. The lowest BCUT2D eigenvalue weighted by molar-refractivity contribution is -0.113. The zero-order valence-corrected chi connectivity index (χ0v) is 21.1. The molecule has 0 unspecified atom stereocenters. The van der Waals surface area contributed by atoms with Crippen molar-refractivity contribution < 1.29 is 14.3 Å². The van der Waals surface area contributed by atoms with Crippen molar-refractivity contribution in [2.24, 2.45) is 0 Å². The van der Waals surface area contributed by atoms with Crippen LogP contribution in [0, 0.1) is 0 Å². The molecule has 9 heteroatoms. The van der Waals surface area contributed by atoms with Crippen molar-refractivity contribution in [2.75, 3.05) is 37.4 Å². The van der Waals surface area contributed by atoms with Gasteiger partial charge in [-0.05, 0) is 24.3 Å². The number of thioether (sulfide) groups is 1. The molecule has 1 aliphatic heterocycles. The summed E-state index contributed by atoms with van der Waals surface area (Å²) in [6.45, 7) is 3.74. The number of nitrogens with one attached hydrogen (secondary N) is 1. The number of anilines is 1. The van der Waals surface area contributed by atoms with E-state index in [4.69, 9.17) is 4.74 Å². The molecule has 0 spiro atoms. The third-order valence-electron chi connectivity index (χ3n) is 6.00. The molecule has 0 saturated carbocycles. The van der Waals surface area contributed by atoms with Crippen LogP contribution in [0.1, 0.15) is 21.7 Å². The molecule has 188 valence electrons. The van der Waals surface area contributed by atoms with Gasteiger partial charge in [0.05, 0.1) is 31.2 Å². The summed E-state index contributed by atoms with van der Waals surface area (Å²) in [6.07, 6.45) is 0. The number of para-hydroxylation sites is 2. The molecule has 2 heterocycles. The smallest absolute Gasteiger partial charge is 0.234 e. The van der Waals surface area contributed by atoms with E-state index in [0.717, 1.165) is 24.6 Å². The minimum Gasteiger partial charge on any atom is -0.379 e. The van der Waals surface area contributed by atoms with Crippen LogP contribution in [0.5, 0.6) is 0 Å². The van der Waals surface area contributed by atoms with Gasteiger partial charge in [0, 0.05) is 29.9 Å². The fourth-order valence-electron chi connectivity index (χ4n) is 4.14. The Kier molecular flexibility index (Phi) is 8.05. The van der Waals surface area contributed by atoms with Gasteiger partial charge >= 0.3 is 0 Å². The Balaban J connectivity index is 1.30. The summed E-state index contributed by atoms with van der Waals surface area (Å²) < 4.78 is 7.47. The zero-order valence-electron chi connectivity index (χ0n) is 20.2. The maximum absolute atomic E-state index is 13.0. The number of hydrogen-bond acceptors (Lipinski definition) is 7. The van der Waals surface area contributed by atoms with Crippen LogP contribution in [0.25, 0.3) is 5.69 Å². The number of ketones is 1. The van der Waals surface area contributed by atoms with Crippen LogP contribution in [0.3, 0.4) is 0 Å². The molecular formula is C28H27N5O3S. The number of ether oxygens (including phenoxy) is 1. The van der Waals surface area contributed by atoms with Crippen molar-refractivity contribution in [1.29, 1.82) is 0 Å². The normalized spacial score (nSPS) is 13.8. The summed E-state index contributed by atoms with van der Waals surface area (Å²) in [5.41, 5.74) is 2.45. The first-order valence-corrected chi connectivity index (χ1v) is 13.1. The van der Waals surface area contributed by atoms with Gasteiger partial charge in [-0.25, -0.2) is 0 Å². The molecule has 1 aliphatic rings. The van der Waals surface area contributed by atoms with Gasteiger partial charge in [-0.15, -0.1) is 10.2 Å². The monoisotopic (exact) mass is 513 g/mol. The first-order valence-electron chi connectivity index (χ1n) is 12.1. The van der Waals surface area contributed by atoms with E-state index < -0.39 is 0 Å². The largest absolute Gasteiger partial charge is 0.379 e. The molecule has 0 radical (unpaired) electrons. The molecule has 5 rings (SSSR count). The summed E-state index contributed by atoms with van der Waals surface area (Å²) in [6, 6.07) is 26.0. The van der Waals surface area contributed by atoms with Crippen LogP contribution in [-0.2, 0) is 16.1 Å². The molecule has 0 aliphatic carbocycles. The quantitative estimate of drug-likeness (QED) is 0.267. The van der Waals surface area contributed by atoms with Crippen LogP contribution in [-0.4, -0.2) is 63.4 Å². The SMILES string of the molecule is O=C(CSc1nnc(CN2CCOCC2)n1-c1ccccc1)Nc1ccccc1C(=O)c1ccccc1. The van der Waals surface area contributed by atoms with E-state index in [-0.39, 0.29) is 17.4 Å². The van der Waals surface area contributed by atoms with Crippen LogP contribution in [0.15, 0.2) is 90.1 Å². The third-order valence-corrected chi connectivity index (χ3v) is 6.93. The number of carbonyl (C=O) groups excluding carboxylic acids is 2. The number of rotatable bonds is 9. The predicted molar refractivity (Wildman–Crippen MR) is 143 cm³/mol. The van der Waals surface area contributed by atoms with Gasteiger partial charge in [0.1, 0.15) is 0 Å². The number of aromatic nitrogens is 3. The van der Waals surface area contributed by atoms with E-state index in [9.17, 15) is 9.59 Å². The van der Waals surface area contributed by atoms with Crippen LogP contribution in [0.2, 0.25) is 0 Å². The average Bonchev–Trinajstić information content (AvgIpc) is 3.35. The molecule has 1 amide bonds. The molecule has 1 fully saturated rings. The maximum Gasteiger partial charge on any atom is 0.234 e. The van der Waals surface area contributed by atoms with E-state index >= 15 is 0 Å². The highest BCUT2D eigenvalue weighted by molar-refractivity contribution is 7.99. The van der Waals surface area contributed by atoms with Gasteiger partial charge in [0.15, 0.2) is 16.8 Å². The number of benzene rings is 3. The highest BCUT2D eigenvalue weighted by Gasteiger charge is 2.20. The van der Waals surface area contributed by atoms with Gasteiger partial charge in [0.2, 0.25) is 5.91 Å². The van der Waals surface area contributed by atoms with E-state index in [1.807, 2.05) is 53.1 Å². The topological polar surface area (TPSA) is 89.3 Å². The van der Waals surface area contributed by atoms with E-state index in [2.05, 4.69) is 20.4 Å². The van der Waals surface area contributed by atoms with Crippen molar-refractivity contribution in [3.05, 3.63) is 102 Å². The summed E-state index contributed by atoms with van der Waals surface area (Å²) in [5, 5.41) is 12.4.